The third kappa shape index (κ3) is 1.33. The zero-order valence-electron chi connectivity index (χ0n) is 7.49. The molecule has 0 amide bonds. The van der Waals surface area contributed by atoms with Gasteiger partial charge in [-0.25, -0.2) is 14.5 Å². The van der Waals surface area contributed by atoms with E-state index in [-0.39, 0.29) is 5.69 Å². The van der Waals surface area contributed by atoms with Crippen molar-refractivity contribution in [3.63, 3.8) is 0 Å². The third-order valence-corrected chi connectivity index (χ3v) is 2.25. The number of rotatable bonds is 1. The van der Waals surface area contributed by atoms with Crippen molar-refractivity contribution in [3.8, 4) is 5.69 Å². The van der Waals surface area contributed by atoms with E-state index in [1.807, 2.05) is 12.1 Å². The van der Waals surface area contributed by atoms with Crippen LogP contribution < -0.4 is 5.69 Å². The molecule has 1 aromatic carbocycles. The van der Waals surface area contributed by atoms with E-state index < -0.39 is 0 Å². The summed E-state index contributed by atoms with van der Waals surface area (Å²) >= 11 is 5.96. The zero-order valence-corrected chi connectivity index (χ0v) is 8.25. The first-order valence-corrected chi connectivity index (χ1v) is 4.47. The molecule has 72 valence electrons. The summed E-state index contributed by atoms with van der Waals surface area (Å²) < 4.78 is 1.43. The van der Waals surface area contributed by atoms with Crippen molar-refractivity contribution in [2.45, 2.75) is 6.92 Å². The van der Waals surface area contributed by atoms with Crippen LogP contribution in [0.15, 0.2) is 29.1 Å². The first kappa shape index (κ1) is 9.02. The Morgan fingerprint density at radius 3 is 2.71 bits per heavy atom. The van der Waals surface area contributed by atoms with Crippen molar-refractivity contribution in [3.05, 3.63) is 45.6 Å². The first-order chi connectivity index (χ1) is 6.70. The highest BCUT2D eigenvalue weighted by molar-refractivity contribution is 6.32. The van der Waals surface area contributed by atoms with Gasteiger partial charge >= 0.3 is 5.69 Å². The van der Waals surface area contributed by atoms with Crippen LogP contribution in [0.25, 0.3) is 5.69 Å². The summed E-state index contributed by atoms with van der Waals surface area (Å²) in [5.41, 5.74) is 0.362. The minimum Gasteiger partial charge on any atom is -0.246 e. The maximum absolute atomic E-state index is 11.4. The topological polar surface area (TPSA) is 50.7 Å². The van der Waals surface area contributed by atoms with Crippen molar-refractivity contribution in [1.29, 1.82) is 0 Å². The molecular weight excluding hydrogens is 202 g/mol. The first-order valence-electron chi connectivity index (χ1n) is 4.09. The molecule has 1 N–H and O–H groups in total. The van der Waals surface area contributed by atoms with Crippen LogP contribution >= 0.6 is 11.6 Å². The van der Waals surface area contributed by atoms with Gasteiger partial charge in [-0.05, 0) is 19.1 Å². The number of hydrogen-bond acceptors (Lipinski definition) is 2. The van der Waals surface area contributed by atoms with Gasteiger partial charge in [0, 0.05) is 0 Å². The number of aromatic amines is 1. The number of nitrogens with one attached hydrogen (secondary N) is 1. The van der Waals surface area contributed by atoms with Crippen molar-refractivity contribution in [2.24, 2.45) is 0 Å². The summed E-state index contributed by atoms with van der Waals surface area (Å²) in [5, 5.41) is 6.69. The molecule has 4 nitrogen and oxygen atoms in total. The summed E-state index contributed by atoms with van der Waals surface area (Å²) in [6.07, 6.45) is 0. The van der Waals surface area contributed by atoms with Crippen LogP contribution in [0.2, 0.25) is 5.02 Å². The van der Waals surface area contributed by atoms with E-state index >= 15 is 0 Å². The lowest BCUT2D eigenvalue weighted by atomic mass is 10.3. The molecule has 0 saturated carbocycles. The summed E-state index contributed by atoms with van der Waals surface area (Å²) in [4.78, 5) is 11.4. The van der Waals surface area contributed by atoms with Crippen LogP contribution in [0.4, 0.5) is 0 Å². The largest absolute Gasteiger partial charge is 0.347 e. The average molecular weight is 210 g/mol. The standard InChI is InChI=1S/C9H8ClN3O/c1-6-11-12-9(14)13(6)8-5-3-2-4-7(8)10/h2-5H,1H3,(H,12,14). The average Bonchev–Trinajstić information content (AvgIpc) is 2.48. The van der Waals surface area contributed by atoms with E-state index in [1.54, 1.807) is 19.1 Å². The van der Waals surface area contributed by atoms with Gasteiger partial charge in [0.15, 0.2) is 0 Å². The molecule has 14 heavy (non-hydrogen) atoms. The smallest absolute Gasteiger partial charge is 0.246 e. The number of benzene rings is 1. The van der Waals surface area contributed by atoms with Crippen molar-refractivity contribution >= 4 is 11.6 Å². The second-order valence-corrected chi connectivity index (χ2v) is 3.27. The molecule has 0 unspecified atom stereocenters. The van der Waals surface area contributed by atoms with Gasteiger partial charge in [-0.15, -0.1) is 0 Å². The Hall–Kier alpha value is -1.55. The molecule has 0 aliphatic carbocycles. The van der Waals surface area contributed by atoms with Crippen LogP contribution in [0.3, 0.4) is 0 Å². The van der Waals surface area contributed by atoms with Crippen LogP contribution in [0.5, 0.6) is 0 Å². The molecule has 0 saturated heterocycles. The van der Waals surface area contributed by atoms with E-state index in [0.717, 1.165) is 0 Å². The minimum absolute atomic E-state index is 0.282. The number of aryl methyl sites for hydroxylation is 1. The van der Waals surface area contributed by atoms with Gasteiger partial charge in [0.2, 0.25) is 0 Å². The van der Waals surface area contributed by atoms with Gasteiger partial charge in [0.1, 0.15) is 5.82 Å². The molecule has 5 heteroatoms. The number of H-pyrrole nitrogens is 1. The number of halogens is 1. The summed E-state index contributed by atoms with van der Waals surface area (Å²) in [7, 11) is 0. The zero-order chi connectivity index (χ0) is 10.1. The number of nitrogens with zero attached hydrogens (tertiary/aromatic N) is 2. The molecule has 1 aromatic heterocycles. The van der Waals surface area contributed by atoms with Crippen molar-refractivity contribution in [2.75, 3.05) is 0 Å². The fraction of sp³-hybridized carbons (Fsp3) is 0.111. The monoisotopic (exact) mass is 209 g/mol. The second kappa shape index (κ2) is 3.31. The fourth-order valence-electron chi connectivity index (χ4n) is 1.29. The molecule has 0 fully saturated rings. The van der Waals surface area contributed by atoms with Crippen LogP contribution in [-0.2, 0) is 0 Å². The second-order valence-electron chi connectivity index (χ2n) is 2.86. The maximum Gasteiger partial charge on any atom is 0.347 e. The predicted molar refractivity (Wildman–Crippen MR) is 53.9 cm³/mol. The van der Waals surface area contributed by atoms with Gasteiger partial charge in [0.05, 0.1) is 10.7 Å². The molecule has 0 spiro atoms. The number of para-hydroxylation sites is 1. The van der Waals surface area contributed by atoms with Crippen molar-refractivity contribution in [1.82, 2.24) is 14.8 Å². The van der Waals surface area contributed by atoms with E-state index in [2.05, 4.69) is 10.2 Å². The molecular formula is C9H8ClN3O. The summed E-state index contributed by atoms with van der Waals surface area (Å²) in [6.45, 7) is 1.74. The van der Waals surface area contributed by atoms with Gasteiger partial charge < -0.3 is 0 Å². The Balaban J connectivity index is 2.72. The fourth-order valence-corrected chi connectivity index (χ4v) is 1.51. The molecule has 0 bridgehead atoms. The Morgan fingerprint density at radius 1 is 1.43 bits per heavy atom. The van der Waals surface area contributed by atoms with E-state index in [0.29, 0.717) is 16.5 Å². The molecule has 1 heterocycles. The highest BCUT2D eigenvalue weighted by atomic mass is 35.5. The lowest BCUT2D eigenvalue weighted by Crippen LogP contribution is -2.16. The number of aromatic nitrogens is 3. The Kier molecular flexibility index (Phi) is 2.13. The molecule has 0 atom stereocenters. The SMILES string of the molecule is Cc1n[nH]c(=O)n1-c1ccccc1Cl. The quantitative estimate of drug-likeness (QED) is 0.774. The lowest BCUT2D eigenvalue weighted by Gasteiger charge is -2.03. The summed E-state index contributed by atoms with van der Waals surface area (Å²) in [5.74, 6) is 0.586. The normalized spacial score (nSPS) is 10.4. The van der Waals surface area contributed by atoms with Crippen molar-refractivity contribution < 1.29 is 0 Å². The predicted octanol–water partition coefficient (Wildman–Crippen LogP) is 1.52. The molecule has 0 aliphatic rings. The van der Waals surface area contributed by atoms with Crippen LogP contribution in [0.1, 0.15) is 5.82 Å². The molecule has 0 aliphatic heterocycles. The molecule has 2 aromatic rings. The van der Waals surface area contributed by atoms with Gasteiger partial charge in [-0.3, -0.25) is 0 Å². The van der Waals surface area contributed by atoms with E-state index in [4.69, 9.17) is 11.6 Å². The number of hydrogen-bond donors (Lipinski definition) is 1. The maximum atomic E-state index is 11.4. The minimum atomic E-state index is -0.282. The van der Waals surface area contributed by atoms with E-state index in [9.17, 15) is 4.79 Å². The Morgan fingerprint density at radius 2 is 2.14 bits per heavy atom. The van der Waals surface area contributed by atoms with E-state index in [1.165, 1.54) is 4.57 Å². The van der Waals surface area contributed by atoms with Gasteiger partial charge in [-0.1, -0.05) is 23.7 Å². The van der Waals surface area contributed by atoms with Gasteiger partial charge in [-0.2, -0.15) is 5.10 Å². The Labute approximate surface area is 85.1 Å². The highest BCUT2D eigenvalue weighted by Crippen LogP contribution is 2.18. The lowest BCUT2D eigenvalue weighted by molar-refractivity contribution is 0.944. The molecule has 2 rings (SSSR count). The van der Waals surface area contributed by atoms with Gasteiger partial charge in [0.25, 0.3) is 0 Å². The van der Waals surface area contributed by atoms with Crippen LogP contribution in [0, 0.1) is 6.92 Å². The highest BCUT2D eigenvalue weighted by Gasteiger charge is 2.08. The van der Waals surface area contributed by atoms with Crippen LogP contribution in [-0.4, -0.2) is 14.8 Å². The summed E-state index contributed by atoms with van der Waals surface area (Å²) in [6, 6.07) is 7.13. The Bertz CT molecular complexity index is 515. The third-order valence-electron chi connectivity index (χ3n) is 1.93. The molecule has 0 radical (unpaired) electrons.